The Hall–Kier alpha value is -3.70. The number of furan rings is 1. The van der Waals surface area contributed by atoms with Crippen LogP contribution in [0.4, 0.5) is 20.3 Å². The maximum atomic E-state index is 13.0. The highest BCUT2D eigenvalue weighted by Gasteiger charge is 2.30. The number of rotatable bonds is 6. The van der Waals surface area contributed by atoms with Crippen molar-refractivity contribution in [3.63, 3.8) is 0 Å². The molecule has 2 N–H and O–H groups in total. The summed E-state index contributed by atoms with van der Waals surface area (Å²) in [4.78, 5) is 33.7. The fourth-order valence-electron chi connectivity index (χ4n) is 4.40. The number of nitrogens with zero attached hydrogens (tertiary/aromatic N) is 3. The van der Waals surface area contributed by atoms with E-state index in [9.17, 15) is 23.5 Å². The number of anilines is 2. The van der Waals surface area contributed by atoms with Crippen LogP contribution in [0.3, 0.4) is 0 Å². The van der Waals surface area contributed by atoms with Gasteiger partial charge in [-0.3, -0.25) is 9.59 Å². The van der Waals surface area contributed by atoms with Crippen LogP contribution in [0.1, 0.15) is 32.9 Å². The number of amides is 2. The summed E-state index contributed by atoms with van der Waals surface area (Å²) < 4.78 is 36.0. The van der Waals surface area contributed by atoms with Crippen molar-refractivity contribution < 1.29 is 32.6 Å². The van der Waals surface area contributed by atoms with Crippen molar-refractivity contribution in [2.45, 2.75) is 24.5 Å². The monoisotopic (exact) mass is 532 g/mol. The number of carbonyl (C=O) groups excluding carboxylic acids is 2. The van der Waals surface area contributed by atoms with Crippen LogP contribution in [-0.2, 0) is 6.42 Å². The molecule has 1 aromatic carbocycles. The van der Waals surface area contributed by atoms with E-state index >= 15 is 0 Å². The Balaban J connectivity index is 1.44. The lowest BCUT2D eigenvalue weighted by Gasteiger charge is -2.20. The van der Waals surface area contributed by atoms with E-state index in [2.05, 4.69) is 15.0 Å². The minimum atomic E-state index is -3.84. The second-order valence-corrected chi connectivity index (χ2v) is 9.37. The summed E-state index contributed by atoms with van der Waals surface area (Å²) in [5, 5.41) is 12.7. The molecule has 1 atom stereocenters. The molecule has 2 aliphatic rings. The number of aliphatic hydroxyl groups is 1. The minimum absolute atomic E-state index is 0.143. The summed E-state index contributed by atoms with van der Waals surface area (Å²) in [5.41, 5.74) is -2.31. The minimum Gasteiger partial charge on any atom is -0.460 e. The zero-order valence-electron chi connectivity index (χ0n) is 19.7. The normalized spacial score (nSPS) is 17.6. The predicted molar refractivity (Wildman–Crippen MR) is 131 cm³/mol. The first-order valence-corrected chi connectivity index (χ1v) is 11.9. The Bertz CT molecular complexity index is 1340. The fourth-order valence-corrected chi connectivity index (χ4v) is 4.49. The van der Waals surface area contributed by atoms with Crippen LogP contribution in [0.5, 0.6) is 5.75 Å². The van der Waals surface area contributed by atoms with Crippen molar-refractivity contribution in [3.05, 3.63) is 59.5 Å². The molecule has 1 saturated heterocycles. The van der Waals surface area contributed by atoms with Crippen LogP contribution in [0, 0.1) is 0 Å². The molecule has 0 bridgehead atoms. The summed E-state index contributed by atoms with van der Waals surface area (Å²) >= 11 is 4.78. The van der Waals surface area contributed by atoms with Gasteiger partial charge in [0.2, 0.25) is 0 Å². The number of β-amino-alcohol motifs (C(OH)–C–C–N with tert-alkyl or cyclic N) is 1. The standard InChI is InChI=1S/C25H23ClF2N4O5/c1-31-8-7-20-19(24(31)35)11-21(36-20)18-10-14(12-29-22(18)32-9-6-16(33)13-32)23(34)30-15-2-4-17(5-3-15)37-25(26,27)28/h2-5,10-12,16,33H,6-9,13H2,1H3,(H,30,34)/t16-/m1/s1. The highest BCUT2D eigenvalue weighted by atomic mass is 35.5. The van der Waals surface area contributed by atoms with Crippen molar-refractivity contribution in [3.8, 4) is 17.1 Å². The van der Waals surface area contributed by atoms with E-state index in [4.69, 9.17) is 16.0 Å². The number of hydrogen-bond donors (Lipinski definition) is 2. The molecule has 0 unspecified atom stereocenters. The molecule has 0 radical (unpaired) electrons. The molecule has 0 saturated carbocycles. The van der Waals surface area contributed by atoms with Gasteiger partial charge >= 0.3 is 5.57 Å². The number of halogens is 3. The highest BCUT2D eigenvalue weighted by Crippen LogP contribution is 2.36. The number of pyridine rings is 1. The number of aromatic nitrogens is 1. The molecule has 9 nitrogen and oxygen atoms in total. The van der Waals surface area contributed by atoms with E-state index in [1.165, 1.54) is 30.5 Å². The first kappa shape index (κ1) is 25.0. The average molecular weight is 533 g/mol. The van der Waals surface area contributed by atoms with Gasteiger partial charge in [0, 0.05) is 56.6 Å². The zero-order chi connectivity index (χ0) is 26.3. The van der Waals surface area contributed by atoms with Crippen LogP contribution >= 0.6 is 11.6 Å². The Morgan fingerprint density at radius 2 is 2.00 bits per heavy atom. The van der Waals surface area contributed by atoms with Crippen molar-refractivity contribution in [1.29, 1.82) is 0 Å². The number of alkyl halides is 3. The highest BCUT2D eigenvalue weighted by molar-refractivity contribution is 6.20. The van der Waals surface area contributed by atoms with Crippen LogP contribution in [0.15, 0.2) is 47.0 Å². The molecule has 1 fully saturated rings. The Morgan fingerprint density at radius 1 is 1.24 bits per heavy atom. The summed E-state index contributed by atoms with van der Waals surface area (Å²) in [5.74, 6) is 0.700. The lowest BCUT2D eigenvalue weighted by Crippen LogP contribution is -2.33. The van der Waals surface area contributed by atoms with Crippen LogP contribution < -0.4 is 15.0 Å². The predicted octanol–water partition coefficient (Wildman–Crippen LogP) is 3.96. The number of likely N-dealkylation sites (N-methyl/N-ethyl adjacent to an activating group) is 1. The fraction of sp³-hybridized carbons (Fsp3) is 0.320. The number of benzene rings is 1. The van der Waals surface area contributed by atoms with Crippen LogP contribution in [0.25, 0.3) is 11.3 Å². The van der Waals surface area contributed by atoms with Crippen molar-refractivity contribution >= 4 is 34.9 Å². The maximum absolute atomic E-state index is 13.0. The lowest BCUT2D eigenvalue weighted by molar-refractivity contribution is -0.0964. The number of aliphatic hydroxyl groups excluding tert-OH is 1. The molecule has 0 aliphatic carbocycles. The van der Waals surface area contributed by atoms with Gasteiger partial charge in [-0.1, -0.05) is 0 Å². The zero-order valence-corrected chi connectivity index (χ0v) is 20.5. The summed E-state index contributed by atoms with van der Waals surface area (Å²) in [6.07, 6.45) is 2.06. The first-order chi connectivity index (χ1) is 17.6. The molecule has 194 valence electrons. The van der Waals surface area contributed by atoms with E-state index in [1.807, 2.05) is 4.90 Å². The SMILES string of the molecule is CN1CCc2oc(-c3cc(C(=O)Nc4ccc(OC(F)(F)Cl)cc4)cnc3N3CC[C@@H](O)C3)cc2C1=O. The van der Waals surface area contributed by atoms with Gasteiger partial charge in [-0.25, -0.2) is 4.98 Å². The van der Waals surface area contributed by atoms with E-state index in [1.54, 1.807) is 24.1 Å². The van der Waals surface area contributed by atoms with Crippen molar-refractivity contribution in [1.82, 2.24) is 9.88 Å². The Kier molecular flexibility index (Phi) is 6.50. The van der Waals surface area contributed by atoms with Crippen molar-refractivity contribution in [2.75, 3.05) is 36.9 Å². The van der Waals surface area contributed by atoms with Gasteiger partial charge in [-0.2, -0.15) is 0 Å². The van der Waals surface area contributed by atoms with Gasteiger partial charge in [0.25, 0.3) is 11.8 Å². The molecule has 2 amide bonds. The third-order valence-corrected chi connectivity index (χ3v) is 6.34. The Labute approximate surface area is 215 Å². The smallest absolute Gasteiger partial charge is 0.460 e. The molecule has 2 aliphatic heterocycles. The first-order valence-electron chi connectivity index (χ1n) is 11.6. The van der Waals surface area contributed by atoms with E-state index in [0.29, 0.717) is 66.6 Å². The molecular formula is C25H23ClF2N4O5. The van der Waals surface area contributed by atoms with E-state index in [-0.39, 0.29) is 17.2 Å². The molecule has 4 heterocycles. The molecule has 0 spiro atoms. The van der Waals surface area contributed by atoms with Gasteiger partial charge < -0.3 is 29.4 Å². The molecule has 37 heavy (non-hydrogen) atoms. The van der Waals surface area contributed by atoms with E-state index < -0.39 is 17.6 Å². The molecule has 3 aromatic rings. The molecule has 5 rings (SSSR count). The number of hydrogen-bond acceptors (Lipinski definition) is 7. The van der Waals surface area contributed by atoms with Gasteiger partial charge in [0.15, 0.2) is 0 Å². The van der Waals surface area contributed by atoms with Crippen LogP contribution in [0.2, 0.25) is 0 Å². The quantitative estimate of drug-likeness (QED) is 0.463. The number of carbonyl (C=O) groups is 2. The lowest BCUT2D eigenvalue weighted by atomic mass is 10.1. The van der Waals surface area contributed by atoms with Crippen molar-refractivity contribution in [2.24, 2.45) is 0 Å². The second-order valence-electron chi connectivity index (χ2n) is 8.93. The largest absolute Gasteiger partial charge is 0.487 e. The van der Waals surface area contributed by atoms with Gasteiger partial charge in [-0.15, -0.1) is 8.78 Å². The number of ether oxygens (including phenoxy) is 1. The second kappa shape index (κ2) is 9.64. The van der Waals surface area contributed by atoms with Gasteiger partial charge in [0.05, 0.1) is 22.8 Å². The Morgan fingerprint density at radius 3 is 2.68 bits per heavy atom. The molecular weight excluding hydrogens is 510 g/mol. The summed E-state index contributed by atoms with van der Waals surface area (Å²) in [7, 11) is 1.72. The number of fused-ring (bicyclic) bond motifs is 1. The third kappa shape index (κ3) is 5.37. The maximum Gasteiger partial charge on any atom is 0.487 e. The van der Waals surface area contributed by atoms with Crippen LogP contribution in [-0.4, -0.2) is 65.2 Å². The summed E-state index contributed by atoms with van der Waals surface area (Å²) in [6.45, 7) is 1.49. The van der Waals surface area contributed by atoms with Gasteiger partial charge in [-0.05, 0) is 42.8 Å². The summed E-state index contributed by atoms with van der Waals surface area (Å²) in [6, 6.07) is 8.57. The van der Waals surface area contributed by atoms with Gasteiger partial charge in [0.1, 0.15) is 23.1 Å². The average Bonchev–Trinajstić information content (AvgIpc) is 3.48. The third-order valence-electron chi connectivity index (χ3n) is 6.26. The molecule has 12 heteroatoms. The number of nitrogens with one attached hydrogen (secondary N) is 1. The topological polar surface area (TPSA) is 108 Å². The van der Waals surface area contributed by atoms with E-state index in [0.717, 1.165) is 0 Å². The molecule has 2 aromatic heterocycles.